The molecular weight excluding hydrogens is 421 g/mol. The van der Waals surface area contributed by atoms with Crippen molar-refractivity contribution in [1.82, 2.24) is 0 Å². The van der Waals surface area contributed by atoms with Crippen LogP contribution in [0.15, 0.2) is 84.9 Å². The van der Waals surface area contributed by atoms with Crippen molar-refractivity contribution in [3.05, 3.63) is 107 Å². The summed E-state index contributed by atoms with van der Waals surface area (Å²) in [6.45, 7) is -0.146. The van der Waals surface area contributed by atoms with Gasteiger partial charge in [-0.1, -0.05) is 54.6 Å². The summed E-state index contributed by atoms with van der Waals surface area (Å²) < 4.78 is 14.4. The summed E-state index contributed by atoms with van der Waals surface area (Å²) in [6, 6.07) is 22.4. The second-order valence-corrected chi connectivity index (χ2v) is 7.43. The maximum absolute atomic E-state index is 14.4. The zero-order chi connectivity index (χ0) is 23.4. The minimum atomic E-state index is -1.13. The van der Waals surface area contributed by atoms with Crippen molar-refractivity contribution in [3.8, 4) is 11.1 Å². The maximum atomic E-state index is 14.4. The number of carbonyl (C=O) groups excluding carboxylic acids is 1. The summed E-state index contributed by atoms with van der Waals surface area (Å²) in [4.78, 5) is 24.0. The van der Waals surface area contributed by atoms with Gasteiger partial charge in [-0.3, -0.25) is 4.79 Å². The Hall–Kier alpha value is -4.29. The van der Waals surface area contributed by atoms with E-state index >= 15 is 0 Å². The van der Waals surface area contributed by atoms with Crippen molar-refractivity contribution in [2.75, 3.05) is 5.32 Å². The lowest BCUT2D eigenvalue weighted by Crippen LogP contribution is -2.14. The highest BCUT2D eigenvalue weighted by Crippen LogP contribution is 2.31. The largest absolute Gasteiger partial charge is 0.478 e. The second kappa shape index (κ2) is 9.46. The van der Waals surface area contributed by atoms with Crippen molar-refractivity contribution < 1.29 is 24.2 Å². The number of benzene rings is 4. The summed E-state index contributed by atoms with van der Waals surface area (Å²) >= 11 is 0. The number of aliphatic carboxylic acids is 1. The first kappa shape index (κ1) is 21.9. The average molecular weight is 441 g/mol. The van der Waals surface area contributed by atoms with E-state index in [1.54, 1.807) is 6.07 Å². The molecule has 4 aromatic rings. The van der Waals surface area contributed by atoms with Gasteiger partial charge in [-0.25, -0.2) is 9.18 Å². The molecule has 0 aliphatic rings. The van der Waals surface area contributed by atoms with Crippen molar-refractivity contribution in [3.63, 3.8) is 0 Å². The number of fused-ring (bicyclic) bond motifs is 1. The van der Waals surface area contributed by atoms with Gasteiger partial charge >= 0.3 is 5.97 Å². The third-order valence-corrected chi connectivity index (χ3v) is 5.26. The molecule has 164 valence electrons. The van der Waals surface area contributed by atoms with E-state index in [1.807, 2.05) is 54.6 Å². The van der Waals surface area contributed by atoms with E-state index in [2.05, 4.69) is 5.32 Å². The van der Waals surface area contributed by atoms with Crippen molar-refractivity contribution in [2.24, 2.45) is 0 Å². The van der Waals surface area contributed by atoms with Gasteiger partial charge in [-0.2, -0.15) is 0 Å². The molecule has 0 radical (unpaired) electrons. The van der Waals surface area contributed by atoms with Gasteiger partial charge in [-0.15, -0.1) is 0 Å². The zero-order valence-electron chi connectivity index (χ0n) is 17.5. The molecule has 0 saturated heterocycles. The van der Waals surface area contributed by atoms with Crippen LogP contribution in [0.3, 0.4) is 0 Å². The lowest BCUT2D eigenvalue weighted by Gasteiger charge is -2.14. The van der Waals surface area contributed by atoms with Crippen LogP contribution in [0.1, 0.15) is 21.5 Å². The number of hydrogen-bond acceptors (Lipinski definition) is 3. The van der Waals surface area contributed by atoms with E-state index in [0.717, 1.165) is 28.2 Å². The number of rotatable bonds is 6. The molecule has 3 N–H and O–H groups in total. The Morgan fingerprint density at radius 3 is 2.48 bits per heavy atom. The maximum Gasteiger partial charge on any atom is 0.328 e. The van der Waals surface area contributed by atoms with E-state index in [0.29, 0.717) is 16.5 Å². The molecule has 0 unspecified atom stereocenters. The molecule has 0 atom stereocenters. The summed E-state index contributed by atoms with van der Waals surface area (Å²) in [5, 5.41) is 22.7. The quantitative estimate of drug-likeness (QED) is 0.346. The third kappa shape index (κ3) is 4.81. The molecule has 5 nitrogen and oxygen atoms in total. The molecule has 0 fully saturated rings. The van der Waals surface area contributed by atoms with Crippen LogP contribution in [0.5, 0.6) is 0 Å². The number of carbonyl (C=O) groups is 2. The SMILES string of the molecule is O=C(O)C=Cc1ccc(F)c(NC(=O)c2cc(-c3ccccc3CO)cc3ccccc23)c1. The van der Waals surface area contributed by atoms with Gasteiger partial charge in [0.25, 0.3) is 5.91 Å². The number of nitrogens with one attached hydrogen (secondary N) is 1. The van der Waals surface area contributed by atoms with Crippen LogP contribution < -0.4 is 5.32 Å². The molecule has 6 heteroatoms. The second-order valence-electron chi connectivity index (χ2n) is 7.43. The van der Waals surface area contributed by atoms with Crippen LogP contribution in [-0.4, -0.2) is 22.1 Å². The number of aliphatic hydroxyl groups is 1. The molecule has 0 spiro atoms. The fraction of sp³-hybridized carbons (Fsp3) is 0.0370. The highest BCUT2D eigenvalue weighted by molar-refractivity contribution is 6.14. The van der Waals surface area contributed by atoms with Crippen LogP contribution in [-0.2, 0) is 11.4 Å². The van der Waals surface area contributed by atoms with E-state index in [9.17, 15) is 19.1 Å². The first-order valence-corrected chi connectivity index (χ1v) is 10.2. The standard InChI is InChI=1S/C27H20FNO4/c28-24-11-9-17(10-12-26(31)32)13-25(24)29-27(33)23-15-20(14-18-5-1-4-8-22(18)23)21-7-3-2-6-19(21)16-30/h1-15,30H,16H2,(H,29,33)(H,31,32). The average Bonchev–Trinajstić information content (AvgIpc) is 2.83. The minimum Gasteiger partial charge on any atom is -0.478 e. The molecule has 0 aliphatic carbocycles. The van der Waals surface area contributed by atoms with E-state index < -0.39 is 17.7 Å². The summed E-state index contributed by atoms with van der Waals surface area (Å²) in [5.41, 5.74) is 3.00. The van der Waals surface area contributed by atoms with Gasteiger partial charge in [0.1, 0.15) is 5.82 Å². The Morgan fingerprint density at radius 1 is 0.939 bits per heavy atom. The Kier molecular flexibility index (Phi) is 6.29. The Bertz CT molecular complexity index is 1390. The number of hydrogen-bond donors (Lipinski definition) is 3. The monoisotopic (exact) mass is 441 g/mol. The first-order valence-electron chi connectivity index (χ1n) is 10.2. The predicted octanol–water partition coefficient (Wildman–Crippen LogP) is 5.49. The molecule has 33 heavy (non-hydrogen) atoms. The van der Waals surface area contributed by atoms with Gasteiger partial charge in [0.05, 0.1) is 12.3 Å². The topological polar surface area (TPSA) is 86.6 Å². The summed E-state index contributed by atoms with van der Waals surface area (Å²) in [5.74, 6) is -2.27. The Balaban J connectivity index is 1.77. The smallest absolute Gasteiger partial charge is 0.328 e. The predicted molar refractivity (Wildman–Crippen MR) is 126 cm³/mol. The molecule has 4 aromatic carbocycles. The van der Waals surface area contributed by atoms with Gasteiger partial charge in [0.15, 0.2) is 0 Å². The van der Waals surface area contributed by atoms with E-state index in [-0.39, 0.29) is 12.3 Å². The van der Waals surface area contributed by atoms with Crippen LogP contribution in [0.4, 0.5) is 10.1 Å². The molecule has 0 heterocycles. The zero-order valence-corrected chi connectivity index (χ0v) is 17.5. The molecule has 4 rings (SSSR count). The minimum absolute atomic E-state index is 0.0576. The molecule has 1 amide bonds. The lowest BCUT2D eigenvalue weighted by molar-refractivity contribution is -0.131. The highest BCUT2D eigenvalue weighted by Gasteiger charge is 2.16. The third-order valence-electron chi connectivity index (χ3n) is 5.26. The van der Waals surface area contributed by atoms with Gasteiger partial charge in [0.2, 0.25) is 0 Å². The normalized spacial score (nSPS) is 11.1. The van der Waals surface area contributed by atoms with Gasteiger partial charge < -0.3 is 15.5 Å². The summed E-state index contributed by atoms with van der Waals surface area (Å²) in [6.07, 6.45) is 2.26. The van der Waals surface area contributed by atoms with Crippen LogP contribution >= 0.6 is 0 Å². The number of aliphatic hydroxyl groups excluding tert-OH is 1. The van der Waals surface area contributed by atoms with E-state index in [1.165, 1.54) is 24.3 Å². The Morgan fingerprint density at radius 2 is 1.70 bits per heavy atom. The van der Waals surface area contributed by atoms with Crippen molar-refractivity contribution >= 4 is 34.4 Å². The van der Waals surface area contributed by atoms with Crippen LogP contribution in [0.25, 0.3) is 28.0 Å². The van der Waals surface area contributed by atoms with Crippen LogP contribution in [0, 0.1) is 5.82 Å². The Labute approximate surface area is 189 Å². The fourth-order valence-corrected chi connectivity index (χ4v) is 3.69. The van der Waals surface area contributed by atoms with E-state index in [4.69, 9.17) is 5.11 Å². The fourth-order valence-electron chi connectivity index (χ4n) is 3.69. The summed E-state index contributed by atoms with van der Waals surface area (Å²) in [7, 11) is 0. The molecule has 0 aromatic heterocycles. The number of halogens is 1. The molecular formula is C27H20FNO4. The molecule has 0 saturated carbocycles. The van der Waals surface area contributed by atoms with Crippen molar-refractivity contribution in [1.29, 1.82) is 0 Å². The molecule has 0 bridgehead atoms. The van der Waals surface area contributed by atoms with Crippen molar-refractivity contribution in [2.45, 2.75) is 6.61 Å². The molecule has 0 aliphatic heterocycles. The van der Waals surface area contributed by atoms with Crippen LogP contribution in [0.2, 0.25) is 0 Å². The lowest BCUT2D eigenvalue weighted by atomic mass is 9.94. The first-order chi connectivity index (χ1) is 16.0. The van der Waals surface area contributed by atoms with Gasteiger partial charge in [0, 0.05) is 11.6 Å². The van der Waals surface area contributed by atoms with Gasteiger partial charge in [-0.05, 0) is 63.4 Å². The number of carboxylic acids is 1. The number of carboxylic acid groups (broad SMARTS) is 1. The highest BCUT2D eigenvalue weighted by atomic mass is 19.1. The number of amides is 1. The number of anilines is 1.